The van der Waals surface area contributed by atoms with Crippen molar-refractivity contribution in [3.63, 3.8) is 0 Å². The monoisotopic (exact) mass is 252 g/mol. The van der Waals surface area contributed by atoms with Crippen LogP contribution in [0.25, 0.3) is 0 Å². The smallest absolute Gasteiger partial charge is 0.241 e. The van der Waals surface area contributed by atoms with Gasteiger partial charge in [-0.1, -0.05) is 40.0 Å². The van der Waals surface area contributed by atoms with E-state index < -0.39 is 0 Å². The maximum absolute atomic E-state index is 12.5. The zero-order valence-electron chi connectivity index (χ0n) is 12.3. The first kappa shape index (κ1) is 13.9. The van der Waals surface area contributed by atoms with Gasteiger partial charge in [-0.2, -0.15) is 0 Å². The third kappa shape index (κ3) is 2.56. The molecule has 2 fully saturated rings. The predicted octanol–water partition coefficient (Wildman–Crippen LogP) is 2.76. The van der Waals surface area contributed by atoms with E-state index in [0.29, 0.717) is 17.9 Å². The third-order valence-corrected chi connectivity index (χ3v) is 4.75. The Morgan fingerprint density at radius 3 is 2.67 bits per heavy atom. The van der Waals surface area contributed by atoms with Gasteiger partial charge >= 0.3 is 0 Å². The van der Waals surface area contributed by atoms with E-state index in [4.69, 9.17) is 0 Å². The minimum absolute atomic E-state index is 0.0296. The van der Waals surface area contributed by atoms with Crippen LogP contribution in [0.3, 0.4) is 0 Å². The minimum atomic E-state index is 0.0296. The van der Waals surface area contributed by atoms with Gasteiger partial charge in [-0.15, -0.1) is 0 Å². The number of nitrogens with one attached hydrogen (secondary N) is 1. The van der Waals surface area contributed by atoms with Gasteiger partial charge in [0.2, 0.25) is 5.91 Å². The number of rotatable bonds is 3. The van der Waals surface area contributed by atoms with Gasteiger partial charge in [-0.3, -0.25) is 10.1 Å². The highest BCUT2D eigenvalue weighted by molar-refractivity contribution is 5.84. The maximum Gasteiger partial charge on any atom is 0.241 e. The van der Waals surface area contributed by atoms with Crippen molar-refractivity contribution >= 4 is 5.91 Å². The SMILES string of the molecule is CCC1CCCC(N2C(=O)C(C(C)C)NC2C)C1. The summed E-state index contributed by atoms with van der Waals surface area (Å²) >= 11 is 0. The van der Waals surface area contributed by atoms with Gasteiger partial charge in [0, 0.05) is 6.04 Å². The van der Waals surface area contributed by atoms with Gasteiger partial charge in [0.1, 0.15) is 0 Å². The fourth-order valence-corrected chi connectivity index (χ4v) is 3.62. The number of hydrogen-bond donors (Lipinski definition) is 1. The second-order valence-electron chi connectivity index (χ2n) is 6.40. The van der Waals surface area contributed by atoms with Crippen molar-refractivity contribution in [2.75, 3.05) is 0 Å². The van der Waals surface area contributed by atoms with E-state index in [0.717, 1.165) is 5.92 Å². The molecular weight excluding hydrogens is 224 g/mol. The molecule has 1 N–H and O–H groups in total. The quantitative estimate of drug-likeness (QED) is 0.837. The van der Waals surface area contributed by atoms with Crippen molar-refractivity contribution < 1.29 is 4.79 Å². The third-order valence-electron chi connectivity index (χ3n) is 4.75. The lowest BCUT2D eigenvalue weighted by Crippen LogP contribution is -2.45. The van der Waals surface area contributed by atoms with Crippen molar-refractivity contribution in [3.05, 3.63) is 0 Å². The van der Waals surface area contributed by atoms with E-state index in [1.54, 1.807) is 0 Å². The van der Waals surface area contributed by atoms with Gasteiger partial charge in [0.05, 0.1) is 12.2 Å². The zero-order chi connectivity index (χ0) is 13.3. The average molecular weight is 252 g/mol. The van der Waals surface area contributed by atoms with Crippen LogP contribution in [0, 0.1) is 11.8 Å². The van der Waals surface area contributed by atoms with Crippen LogP contribution in [-0.2, 0) is 4.79 Å². The van der Waals surface area contributed by atoms with Crippen LogP contribution in [0.1, 0.15) is 59.8 Å². The lowest BCUT2D eigenvalue weighted by Gasteiger charge is -2.37. The Balaban J connectivity index is 2.05. The average Bonchev–Trinajstić information content (AvgIpc) is 2.65. The molecule has 1 saturated heterocycles. The zero-order valence-corrected chi connectivity index (χ0v) is 12.3. The van der Waals surface area contributed by atoms with Crippen molar-refractivity contribution in [1.29, 1.82) is 0 Å². The molecule has 18 heavy (non-hydrogen) atoms. The predicted molar refractivity (Wildman–Crippen MR) is 74.1 cm³/mol. The minimum Gasteiger partial charge on any atom is -0.323 e. The highest BCUT2D eigenvalue weighted by Gasteiger charge is 2.42. The van der Waals surface area contributed by atoms with Gasteiger partial charge in [-0.05, 0) is 31.6 Å². The first-order valence-corrected chi connectivity index (χ1v) is 7.62. The number of carbonyl (C=O) groups is 1. The summed E-state index contributed by atoms with van der Waals surface area (Å²) in [5, 5.41) is 3.46. The Hall–Kier alpha value is -0.570. The van der Waals surface area contributed by atoms with E-state index in [1.165, 1.54) is 32.1 Å². The maximum atomic E-state index is 12.5. The van der Waals surface area contributed by atoms with Gasteiger partial charge < -0.3 is 4.90 Å². The molecule has 2 rings (SSSR count). The molecule has 0 aromatic carbocycles. The molecule has 0 aromatic heterocycles. The van der Waals surface area contributed by atoms with Crippen LogP contribution < -0.4 is 5.32 Å². The van der Waals surface area contributed by atoms with Crippen molar-refractivity contribution in [3.8, 4) is 0 Å². The lowest BCUT2D eigenvalue weighted by molar-refractivity contribution is -0.133. The summed E-state index contributed by atoms with van der Waals surface area (Å²) in [7, 11) is 0. The van der Waals surface area contributed by atoms with Crippen molar-refractivity contribution in [2.45, 2.75) is 78.0 Å². The molecular formula is C15H28N2O. The molecule has 104 valence electrons. The largest absolute Gasteiger partial charge is 0.323 e. The molecule has 2 aliphatic rings. The standard InChI is InChI=1S/C15H28N2O/c1-5-12-7-6-8-13(9-12)17-11(4)16-14(10(2)3)15(17)18/h10-14,16H,5-9H2,1-4H3. The second kappa shape index (κ2) is 5.60. The van der Waals surface area contributed by atoms with E-state index in [9.17, 15) is 4.79 Å². The molecule has 1 aliphatic heterocycles. The van der Waals surface area contributed by atoms with Gasteiger partial charge in [-0.25, -0.2) is 0 Å². The molecule has 1 aliphatic carbocycles. The molecule has 4 unspecified atom stereocenters. The van der Waals surface area contributed by atoms with Crippen LogP contribution in [0.15, 0.2) is 0 Å². The Bertz CT molecular complexity index is 303. The summed E-state index contributed by atoms with van der Waals surface area (Å²) in [6.45, 7) is 8.66. The molecule has 4 atom stereocenters. The number of carbonyl (C=O) groups excluding carboxylic acids is 1. The van der Waals surface area contributed by atoms with Crippen LogP contribution >= 0.6 is 0 Å². The van der Waals surface area contributed by atoms with Crippen LogP contribution in [0.4, 0.5) is 0 Å². The van der Waals surface area contributed by atoms with E-state index in [2.05, 4.69) is 37.9 Å². The molecule has 0 bridgehead atoms. The van der Waals surface area contributed by atoms with Crippen molar-refractivity contribution in [2.24, 2.45) is 11.8 Å². The first-order valence-electron chi connectivity index (χ1n) is 7.62. The van der Waals surface area contributed by atoms with E-state index in [-0.39, 0.29) is 12.2 Å². The summed E-state index contributed by atoms with van der Waals surface area (Å²) in [4.78, 5) is 14.7. The summed E-state index contributed by atoms with van der Waals surface area (Å²) < 4.78 is 0. The fourth-order valence-electron chi connectivity index (χ4n) is 3.62. The van der Waals surface area contributed by atoms with Crippen LogP contribution in [-0.4, -0.2) is 29.1 Å². The first-order chi connectivity index (χ1) is 8.54. The molecule has 1 heterocycles. The van der Waals surface area contributed by atoms with Crippen molar-refractivity contribution in [1.82, 2.24) is 10.2 Å². The van der Waals surface area contributed by atoms with Crippen LogP contribution in [0.5, 0.6) is 0 Å². The van der Waals surface area contributed by atoms with E-state index >= 15 is 0 Å². The topological polar surface area (TPSA) is 32.3 Å². The number of nitrogens with zero attached hydrogens (tertiary/aromatic N) is 1. The molecule has 0 aromatic rings. The Morgan fingerprint density at radius 1 is 1.39 bits per heavy atom. The normalized spacial score (nSPS) is 37.6. The summed E-state index contributed by atoms with van der Waals surface area (Å²) in [6, 6.07) is 0.504. The molecule has 1 amide bonds. The van der Waals surface area contributed by atoms with Gasteiger partial charge in [0.25, 0.3) is 0 Å². The summed E-state index contributed by atoms with van der Waals surface area (Å²) in [5.74, 6) is 1.54. The van der Waals surface area contributed by atoms with Crippen LogP contribution in [0.2, 0.25) is 0 Å². The highest BCUT2D eigenvalue weighted by Crippen LogP contribution is 2.32. The number of amides is 1. The molecule has 0 radical (unpaired) electrons. The second-order valence-corrected chi connectivity index (χ2v) is 6.40. The highest BCUT2D eigenvalue weighted by atomic mass is 16.2. The number of hydrogen-bond acceptors (Lipinski definition) is 2. The molecule has 0 spiro atoms. The Labute approximate surface area is 111 Å². The molecule has 3 heteroatoms. The molecule has 1 saturated carbocycles. The fraction of sp³-hybridized carbons (Fsp3) is 0.933. The Kier molecular flexibility index (Phi) is 4.31. The molecule has 3 nitrogen and oxygen atoms in total. The summed E-state index contributed by atoms with van der Waals surface area (Å²) in [6.07, 6.45) is 6.51. The lowest BCUT2D eigenvalue weighted by atomic mass is 9.83. The Morgan fingerprint density at radius 2 is 2.11 bits per heavy atom. The van der Waals surface area contributed by atoms with E-state index in [1.807, 2.05) is 0 Å². The summed E-state index contributed by atoms with van der Waals surface area (Å²) in [5.41, 5.74) is 0. The van der Waals surface area contributed by atoms with Gasteiger partial charge in [0.15, 0.2) is 0 Å².